The number of para-hydroxylation sites is 3. The molecule has 0 spiro atoms. The lowest BCUT2D eigenvalue weighted by Crippen LogP contribution is -2.28. The summed E-state index contributed by atoms with van der Waals surface area (Å²) >= 11 is 0. The fraction of sp³-hybridized carbons (Fsp3) is 0.200. The highest BCUT2D eigenvalue weighted by Crippen LogP contribution is 2.40. The van der Waals surface area contributed by atoms with E-state index in [1.807, 2.05) is 44.2 Å². The summed E-state index contributed by atoms with van der Waals surface area (Å²) in [6.45, 7) is 5.44. The van der Waals surface area contributed by atoms with Crippen molar-refractivity contribution >= 4 is 34.4 Å². The first-order valence-corrected chi connectivity index (χ1v) is 8.91. The van der Waals surface area contributed by atoms with Crippen molar-refractivity contribution in [3.05, 3.63) is 70.0 Å². The third-order valence-electron chi connectivity index (χ3n) is 4.65. The van der Waals surface area contributed by atoms with Gasteiger partial charge in [-0.3, -0.25) is 10.1 Å². The van der Waals surface area contributed by atoms with E-state index in [0.717, 1.165) is 28.5 Å². The number of nitro groups is 1. The zero-order valence-corrected chi connectivity index (χ0v) is 15.2. The van der Waals surface area contributed by atoms with Crippen molar-refractivity contribution in [2.75, 3.05) is 22.9 Å². The number of benzene rings is 2. The Kier molecular flexibility index (Phi) is 4.19. The van der Waals surface area contributed by atoms with E-state index in [1.54, 1.807) is 18.2 Å². The molecule has 1 aromatic heterocycles. The van der Waals surface area contributed by atoms with Crippen LogP contribution in [-0.4, -0.2) is 28.0 Å². The van der Waals surface area contributed by atoms with E-state index in [-0.39, 0.29) is 10.6 Å². The fourth-order valence-electron chi connectivity index (χ4n) is 3.40. The Labute approximate surface area is 156 Å². The predicted octanol–water partition coefficient (Wildman–Crippen LogP) is 4.20. The van der Waals surface area contributed by atoms with E-state index >= 15 is 0 Å². The van der Waals surface area contributed by atoms with Gasteiger partial charge >= 0.3 is 0 Å². The normalized spacial score (nSPS) is 13.2. The molecule has 2 heterocycles. The molecule has 0 radical (unpaired) electrons. The van der Waals surface area contributed by atoms with Crippen LogP contribution in [0.2, 0.25) is 0 Å². The Morgan fingerprint density at radius 1 is 0.926 bits per heavy atom. The minimum atomic E-state index is -0.355. The van der Waals surface area contributed by atoms with Gasteiger partial charge in [0.2, 0.25) is 0 Å². The third kappa shape index (κ3) is 2.77. The molecule has 0 saturated heterocycles. The van der Waals surface area contributed by atoms with Gasteiger partial charge in [0.05, 0.1) is 21.5 Å². The molecule has 0 N–H and O–H groups in total. The second kappa shape index (κ2) is 6.68. The Balaban J connectivity index is 1.91. The van der Waals surface area contributed by atoms with Crippen molar-refractivity contribution in [1.82, 2.24) is 9.97 Å². The van der Waals surface area contributed by atoms with Crippen LogP contribution in [0.1, 0.15) is 19.4 Å². The first-order valence-electron chi connectivity index (χ1n) is 8.91. The minimum absolute atomic E-state index is 0.0825. The summed E-state index contributed by atoms with van der Waals surface area (Å²) < 4.78 is 0. The second-order valence-electron chi connectivity index (χ2n) is 6.17. The SMILES string of the molecule is CCN1C(=Cc2ccccc2[N+](=O)[O-])N(CC)c2nc3ccccc3nc21. The lowest BCUT2D eigenvalue weighted by Gasteiger charge is -2.22. The van der Waals surface area contributed by atoms with E-state index < -0.39 is 0 Å². The van der Waals surface area contributed by atoms with E-state index in [9.17, 15) is 10.1 Å². The number of nitrogens with zero attached hydrogens (tertiary/aromatic N) is 5. The zero-order chi connectivity index (χ0) is 19.0. The first kappa shape index (κ1) is 17.0. The molecule has 3 aromatic rings. The number of anilines is 2. The second-order valence-corrected chi connectivity index (χ2v) is 6.17. The topological polar surface area (TPSA) is 75.4 Å². The van der Waals surface area contributed by atoms with Crippen LogP contribution < -0.4 is 9.80 Å². The molecule has 0 aliphatic carbocycles. The standard InChI is InChI=1S/C20H19N5O2/c1-3-23-18(13-14-9-5-8-12-17(14)25(26)27)24(4-2)20-19(23)21-15-10-6-7-11-16(15)22-20/h5-13H,3-4H2,1-2H3. The molecule has 1 aliphatic rings. The highest BCUT2D eigenvalue weighted by Gasteiger charge is 2.33. The number of fused-ring (bicyclic) bond motifs is 2. The summed E-state index contributed by atoms with van der Waals surface area (Å²) in [4.78, 5) is 24.8. The molecule has 4 rings (SSSR count). The van der Waals surface area contributed by atoms with Gasteiger partial charge in [0, 0.05) is 19.2 Å². The largest absolute Gasteiger partial charge is 0.310 e. The molecule has 0 bridgehead atoms. The highest BCUT2D eigenvalue weighted by atomic mass is 16.6. The van der Waals surface area contributed by atoms with Gasteiger partial charge in [-0.05, 0) is 38.1 Å². The quantitative estimate of drug-likeness (QED) is 0.512. The van der Waals surface area contributed by atoms with Gasteiger partial charge in [0.25, 0.3) is 5.69 Å². The fourth-order valence-corrected chi connectivity index (χ4v) is 3.40. The maximum atomic E-state index is 11.4. The number of aromatic nitrogens is 2. The average Bonchev–Trinajstić information content (AvgIpc) is 2.97. The first-order chi connectivity index (χ1) is 13.1. The number of rotatable bonds is 4. The minimum Gasteiger partial charge on any atom is -0.310 e. The van der Waals surface area contributed by atoms with Crippen molar-refractivity contribution in [3.63, 3.8) is 0 Å². The summed E-state index contributed by atoms with van der Waals surface area (Å²) in [5, 5.41) is 11.4. The van der Waals surface area contributed by atoms with Crippen LogP contribution in [-0.2, 0) is 0 Å². The van der Waals surface area contributed by atoms with Gasteiger partial charge in [-0.15, -0.1) is 0 Å². The third-order valence-corrected chi connectivity index (χ3v) is 4.65. The van der Waals surface area contributed by atoms with Crippen LogP contribution >= 0.6 is 0 Å². The monoisotopic (exact) mass is 361 g/mol. The molecule has 136 valence electrons. The molecule has 0 fully saturated rings. The summed E-state index contributed by atoms with van der Waals surface area (Å²) in [6, 6.07) is 14.5. The van der Waals surface area contributed by atoms with Gasteiger partial charge in [0.15, 0.2) is 11.6 Å². The molecule has 27 heavy (non-hydrogen) atoms. The van der Waals surface area contributed by atoms with Crippen LogP contribution in [0.5, 0.6) is 0 Å². The highest BCUT2D eigenvalue weighted by molar-refractivity contribution is 5.88. The van der Waals surface area contributed by atoms with Crippen molar-refractivity contribution in [2.24, 2.45) is 0 Å². The van der Waals surface area contributed by atoms with Crippen LogP contribution in [0.4, 0.5) is 17.3 Å². The Morgan fingerprint density at radius 2 is 1.44 bits per heavy atom. The molecule has 7 heteroatoms. The summed E-state index contributed by atoms with van der Waals surface area (Å²) in [5.74, 6) is 2.41. The van der Waals surface area contributed by atoms with Gasteiger partial charge in [0.1, 0.15) is 5.82 Å². The van der Waals surface area contributed by atoms with E-state index in [4.69, 9.17) is 9.97 Å². The van der Waals surface area contributed by atoms with Crippen molar-refractivity contribution in [2.45, 2.75) is 13.8 Å². The predicted molar refractivity (Wildman–Crippen MR) is 107 cm³/mol. The Bertz CT molecular complexity index is 1010. The van der Waals surface area contributed by atoms with Crippen LogP contribution in [0.25, 0.3) is 17.1 Å². The van der Waals surface area contributed by atoms with E-state index in [1.165, 1.54) is 6.07 Å². The van der Waals surface area contributed by atoms with Crippen LogP contribution in [0.15, 0.2) is 54.4 Å². The lowest BCUT2D eigenvalue weighted by molar-refractivity contribution is -0.385. The number of hydrogen-bond donors (Lipinski definition) is 0. The maximum Gasteiger partial charge on any atom is 0.276 e. The molecule has 0 atom stereocenters. The molecule has 0 saturated carbocycles. The lowest BCUT2D eigenvalue weighted by atomic mass is 10.1. The summed E-state index contributed by atoms with van der Waals surface area (Å²) in [5.41, 5.74) is 2.31. The summed E-state index contributed by atoms with van der Waals surface area (Å²) in [7, 11) is 0. The smallest absolute Gasteiger partial charge is 0.276 e. The van der Waals surface area contributed by atoms with Gasteiger partial charge in [-0.2, -0.15) is 0 Å². The molecular formula is C20H19N5O2. The Morgan fingerprint density at radius 3 is 1.96 bits per heavy atom. The Hall–Kier alpha value is -3.48. The summed E-state index contributed by atoms with van der Waals surface area (Å²) in [6.07, 6.45) is 1.85. The molecule has 0 unspecified atom stereocenters. The molecular weight excluding hydrogens is 342 g/mol. The number of nitro benzene ring substituents is 1. The van der Waals surface area contributed by atoms with Crippen molar-refractivity contribution < 1.29 is 4.92 Å². The number of hydrogen-bond acceptors (Lipinski definition) is 6. The van der Waals surface area contributed by atoms with Gasteiger partial charge in [-0.1, -0.05) is 24.3 Å². The van der Waals surface area contributed by atoms with Gasteiger partial charge in [-0.25, -0.2) is 9.97 Å². The average molecular weight is 361 g/mol. The zero-order valence-electron chi connectivity index (χ0n) is 15.2. The molecule has 2 aromatic carbocycles. The van der Waals surface area contributed by atoms with E-state index in [2.05, 4.69) is 9.80 Å². The van der Waals surface area contributed by atoms with Crippen molar-refractivity contribution in [1.29, 1.82) is 0 Å². The molecule has 1 aliphatic heterocycles. The van der Waals surface area contributed by atoms with Crippen LogP contribution in [0.3, 0.4) is 0 Å². The molecule has 7 nitrogen and oxygen atoms in total. The van der Waals surface area contributed by atoms with Crippen LogP contribution in [0, 0.1) is 10.1 Å². The van der Waals surface area contributed by atoms with E-state index in [0.29, 0.717) is 18.7 Å². The molecule has 0 amide bonds. The maximum absolute atomic E-state index is 11.4. The van der Waals surface area contributed by atoms with Crippen molar-refractivity contribution in [3.8, 4) is 0 Å². The van der Waals surface area contributed by atoms with Gasteiger partial charge < -0.3 is 9.80 Å².